The fourth-order valence-corrected chi connectivity index (χ4v) is 3.00. The largest absolute Gasteiger partial charge is 0.416 e. The van der Waals surface area contributed by atoms with E-state index in [2.05, 4.69) is 5.16 Å². The van der Waals surface area contributed by atoms with E-state index in [1.807, 2.05) is 13.8 Å². The second-order valence-electron chi connectivity index (χ2n) is 7.11. The molecule has 5 nitrogen and oxygen atoms in total. The van der Waals surface area contributed by atoms with Crippen LogP contribution in [0, 0.1) is 5.92 Å². The van der Waals surface area contributed by atoms with Gasteiger partial charge < -0.3 is 9.74 Å². The van der Waals surface area contributed by atoms with Crippen LogP contribution in [0.15, 0.2) is 53.7 Å². The molecule has 0 aromatic heterocycles. The van der Waals surface area contributed by atoms with E-state index < -0.39 is 23.6 Å². The van der Waals surface area contributed by atoms with Gasteiger partial charge in [-0.2, -0.15) is 13.2 Å². The van der Waals surface area contributed by atoms with Gasteiger partial charge >= 0.3 is 12.1 Å². The predicted molar refractivity (Wildman–Crippen MR) is 101 cm³/mol. The number of carbonyl (C=O) groups excluding carboxylic acids is 2. The maximum Gasteiger partial charge on any atom is 0.416 e. The maximum atomic E-state index is 13.0. The number of rotatable bonds is 5. The highest BCUT2D eigenvalue weighted by molar-refractivity contribution is 6.54. The molecule has 3 rings (SSSR count). The number of hydrogen-bond donors (Lipinski definition) is 0. The monoisotopic (exact) mass is 404 g/mol. The highest BCUT2D eigenvalue weighted by atomic mass is 19.4. The van der Waals surface area contributed by atoms with Crippen LogP contribution in [0.2, 0.25) is 0 Å². The fourth-order valence-electron chi connectivity index (χ4n) is 3.00. The van der Waals surface area contributed by atoms with Gasteiger partial charge in [0.2, 0.25) is 0 Å². The van der Waals surface area contributed by atoms with E-state index in [9.17, 15) is 22.8 Å². The Morgan fingerprint density at radius 1 is 1.14 bits per heavy atom. The molecule has 2 aromatic carbocycles. The number of alkyl halides is 3. The van der Waals surface area contributed by atoms with E-state index in [-0.39, 0.29) is 24.6 Å². The van der Waals surface area contributed by atoms with Gasteiger partial charge in [-0.25, -0.2) is 4.79 Å². The summed E-state index contributed by atoms with van der Waals surface area (Å²) in [6, 6.07) is 11.5. The van der Waals surface area contributed by atoms with Gasteiger partial charge in [-0.05, 0) is 29.7 Å². The minimum absolute atomic E-state index is 0.0512. The lowest BCUT2D eigenvalue weighted by molar-refractivity contribution is -0.144. The summed E-state index contributed by atoms with van der Waals surface area (Å²) in [6.07, 6.45) is -4.32. The van der Waals surface area contributed by atoms with Gasteiger partial charge in [-0.1, -0.05) is 49.3 Å². The summed E-state index contributed by atoms with van der Waals surface area (Å²) in [6.45, 7) is 3.63. The molecule has 8 heteroatoms. The van der Waals surface area contributed by atoms with Crippen molar-refractivity contribution in [3.63, 3.8) is 0 Å². The van der Waals surface area contributed by atoms with E-state index in [0.717, 1.165) is 12.1 Å². The third-order valence-corrected chi connectivity index (χ3v) is 4.31. The lowest BCUT2D eigenvalue weighted by Gasteiger charge is -2.17. The maximum absolute atomic E-state index is 13.0. The molecular formula is C21H19F3N2O3. The number of oxime groups is 1. The number of halogens is 3. The second-order valence-corrected chi connectivity index (χ2v) is 7.11. The van der Waals surface area contributed by atoms with E-state index in [4.69, 9.17) is 4.84 Å². The average molecular weight is 404 g/mol. The molecule has 2 aromatic rings. The predicted octanol–water partition coefficient (Wildman–Crippen LogP) is 4.55. The highest BCUT2D eigenvalue weighted by Crippen LogP contribution is 2.33. The van der Waals surface area contributed by atoms with Crippen LogP contribution < -0.4 is 4.90 Å². The van der Waals surface area contributed by atoms with E-state index in [1.54, 1.807) is 24.3 Å². The standard InChI is InChI=1S/C21H19F3N2O3/c1-13(2)10-18(27)29-25-19-16-8-3-4-9-17(16)26(20(19)28)12-14-6-5-7-15(11-14)21(22,23)24/h3-9,11,13H,10,12H2,1-2H3/b25-19+. The molecule has 0 spiro atoms. The van der Waals surface area contributed by atoms with Gasteiger partial charge in [-0.3, -0.25) is 4.79 Å². The molecule has 0 bridgehead atoms. The molecule has 0 saturated carbocycles. The quantitative estimate of drug-likeness (QED) is 0.543. The molecule has 1 aliphatic heterocycles. The van der Waals surface area contributed by atoms with Crippen LogP contribution in [0.5, 0.6) is 0 Å². The Labute approximate surface area is 165 Å². The Kier molecular flexibility index (Phi) is 5.72. The van der Waals surface area contributed by atoms with Crippen molar-refractivity contribution < 1.29 is 27.6 Å². The van der Waals surface area contributed by atoms with Gasteiger partial charge in [0.15, 0.2) is 5.71 Å². The lowest BCUT2D eigenvalue weighted by Crippen LogP contribution is -2.30. The topological polar surface area (TPSA) is 59.0 Å². The van der Waals surface area contributed by atoms with Crippen molar-refractivity contribution in [1.29, 1.82) is 0 Å². The van der Waals surface area contributed by atoms with Crippen LogP contribution in [-0.2, 0) is 27.1 Å². The van der Waals surface area contributed by atoms with Crippen molar-refractivity contribution in [2.75, 3.05) is 4.90 Å². The van der Waals surface area contributed by atoms with Crippen LogP contribution in [-0.4, -0.2) is 17.6 Å². The molecule has 0 unspecified atom stereocenters. The molecule has 0 N–H and O–H groups in total. The summed E-state index contributed by atoms with van der Waals surface area (Å²) in [4.78, 5) is 30.8. The van der Waals surface area contributed by atoms with Gasteiger partial charge in [0.05, 0.1) is 24.2 Å². The molecule has 0 saturated heterocycles. The van der Waals surface area contributed by atoms with Gasteiger partial charge in [0.1, 0.15) is 0 Å². The molecular weight excluding hydrogens is 385 g/mol. The molecule has 0 radical (unpaired) electrons. The minimum Gasteiger partial charge on any atom is -0.317 e. The lowest BCUT2D eigenvalue weighted by atomic mass is 10.1. The summed E-state index contributed by atoms with van der Waals surface area (Å²) in [7, 11) is 0. The Morgan fingerprint density at radius 2 is 1.86 bits per heavy atom. The van der Waals surface area contributed by atoms with Crippen molar-refractivity contribution in [1.82, 2.24) is 0 Å². The van der Waals surface area contributed by atoms with Gasteiger partial charge in [-0.15, -0.1) is 0 Å². The molecule has 1 heterocycles. The molecule has 1 amide bonds. The highest BCUT2D eigenvalue weighted by Gasteiger charge is 2.35. The number of benzene rings is 2. The Hall–Kier alpha value is -3.16. The van der Waals surface area contributed by atoms with E-state index in [1.165, 1.54) is 17.0 Å². The molecule has 0 fully saturated rings. The third-order valence-electron chi connectivity index (χ3n) is 4.31. The van der Waals surface area contributed by atoms with Gasteiger partial charge in [0.25, 0.3) is 5.91 Å². The van der Waals surface area contributed by atoms with Crippen molar-refractivity contribution in [3.05, 3.63) is 65.2 Å². The van der Waals surface area contributed by atoms with Crippen LogP contribution in [0.3, 0.4) is 0 Å². The zero-order chi connectivity index (χ0) is 21.2. The summed E-state index contributed by atoms with van der Waals surface area (Å²) < 4.78 is 38.9. The number of nitrogens with zero attached hydrogens (tertiary/aromatic N) is 2. The molecule has 1 aliphatic rings. The van der Waals surface area contributed by atoms with Crippen molar-refractivity contribution in [2.24, 2.45) is 11.1 Å². The summed E-state index contributed by atoms with van der Waals surface area (Å²) in [5, 5.41) is 3.74. The van der Waals surface area contributed by atoms with Gasteiger partial charge in [0, 0.05) is 5.56 Å². The van der Waals surface area contributed by atoms with E-state index >= 15 is 0 Å². The molecule has 29 heavy (non-hydrogen) atoms. The first-order valence-corrected chi connectivity index (χ1v) is 9.02. The Morgan fingerprint density at radius 3 is 2.55 bits per heavy atom. The third kappa shape index (κ3) is 4.64. The number of fused-ring (bicyclic) bond motifs is 1. The van der Waals surface area contributed by atoms with Crippen LogP contribution in [0.1, 0.15) is 37.0 Å². The number of amides is 1. The van der Waals surface area contributed by atoms with Crippen molar-refractivity contribution in [3.8, 4) is 0 Å². The average Bonchev–Trinajstić information content (AvgIpc) is 2.91. The van der Waals surface area contributed by atoms with Crippen LogP contribution in [0.25, 0.3) is 0 Å². The summed E-state index contributed by atoms with van der Waals surface area (Å²) in [5.74, 6) is -1.03. The number of para-hydroxylation sites is 1. The first-order chi connectivity index (χ1) is 13.7. The smallest absolute Gasteiger partial charge is 0.317 e. The SMILES string of the molecule is CC(C)CC(=O)O/N=C1/C(=O)N(Cc2cccc(C(F)(F)F)c2)c2ccccc21. The molecule has 0 atom stereocenters. The fraction of sp³-hybridized carbons (Fsp3) is 0.286. The van der Waals surface area contributed by atoms with Crippen molar-refractivity contribution in [2.45, 2.75) is 33.0 Å². The van der Waals surface area contributed by atoms with E-state index in [0.29, 0.717) is 16.8 Å². The molecule has 0 aliphatic carbocycles. The summed E-state index contributed by atoms with van der Waals surface area (Å²) >= 11 is 0. The minimum atomic E-state index is -4.47. The zero-order valence-electron chi connectivity index (χ0n) is 15.9. The van der Waals surface area contributed by atoms with Crippen LogP contribution in [0.4, 0.5) is 18.9 Å². The summed E-state index contributed by atoms with van der Waals surface area (Å²) in [5.41, 5.74) is 0.438. The first kappa shape index (κ1) is 20.6. The Bertz CT molecular complexity index is 968. The van der Waals surface area contributed by atoms with Crippen molar-refractivity contribution >= 4 is 23.3 Å². The molecule has 152 valence electrons. The number of carbonyl (C=O) groups is 2. The van der Waals surface area contributed by atoms with Crippen LogP contribution >= 0.6 is 0 Å². The number of anilines is 1. The number of hydrogen-bond acceptors (Lipinski definition) is 4. The second kappa shape index (κ2) is 8.06. The normalized spacial score (nSPS) is 15.2. The first-order valence-electron chi connectivity index (χ1n) is 9.02. The Balaban J connectivity index is 1.88. The zero-order valence-corrected chi connectivity index (χ0v) is 15.9.